The molecule has 0 saturated heterocycles. The summed E-state index contributed by atoms with van der Waals surface area (Å²) in [5, 5.41) is 12.7. The SMILES string of the molecule is O=C1C[C@@H](c2ccccc2Br)c2sc(C(=O)O)c(-c3ccccc3)c2N1. The molecule has 0 bridgehead atoms. The number of carbonyl (C=O) groups excluding carboxylic acids is 1. The molecule has 0 unspecified atom stereocenters. The summed E-state index contributed by atoms with van der Waals surface area (Å²) >= 11 is 4.80. The first-order valence-corrected chi connectivity index (χ1v) is 9.67. The summed E-state index contributed by atoms with van der Waals surface area (Å²) in [5.41, 5.74) is 2.98. The number of benzene rings is 2. The van der Waals surface area contributed by atoms with Gasteiger partial charge in [-0.1, -0.05) is 64.5 Å². The molecule has 2 aromatic carbocycles. The summed E-state index contributed by atoms with van der Waals surface area (Å²) in [6.45, 7) is 0. The summed E-state index contributed by atoms with van der Waals surface area (Å²) in [6, 6.07) is 17.1. The van der Waals surface area contributed by atoms with Crippen molar-refractivity contribution < 1.29 is 14.7 Å². The van der Waals surface area contributed by atoms with Gasteiger partial charge in [-0.2, -0.15) is 0 Å². The van der Waals surface area contributed by atoms with Crippen LogP contribution in [-0.2, 0) is 4.79 Å². The predicted molar refractivity (Wildman–Crippen MR) is 106 cm³/mol. The van der Waals surface area contributed by atoms with E-state index in [1.54, 1.807) is 0 Å². The molecule has 4 rings (SSSR count). The second-order valence-electron chi connectivity index (χ2n) is 6.04. The smallest absolute Gasteiger partial charge is 0.346 e. The Morgan fingerprint density at radius 1 is 1.12 bits per heavy atom. The van der Waals surface area contributed by atoms with E-state index in [4.69, 9.17) is 0 Å². The number of halogens is 1. The zero-order chi connectivity index (χ0) is 18.3. The zero-order valence-corrected chi connectivity index (χ0v) is 15.9. The minimum Gasteiger partial charge on any atom is -0.477 e. The van der Waals surface area contributed by atoms with Crippen LogP contribution in [0.1, 0.15) is 32.5 Å². The van der Waals surface area contributed by atoms with Crippen LogP contribution in [0.2, 0.25) is 0 Å². The second kappa shape index (κ2) is 6.70. The Balaban J connectivity index is 1.97. The van der Waals surface area contributed by atoms with Crippen molar-refractivity contribution in [2.45, 2.75) is 12.3 Å². The van der Waals surface area contributed by atoms with Gasteiger partial charge < -0.3 is 10.4 Å². The van der Waals surface area contributed by atoms with E-state index in [-0.39, 0.29) is 16.7 Å². The molecule has 26 heavy (non-hydrogen) atoms. The highest BCUT2D eigenvalue weighted by molar-refractivity contribution is 9.10. The Bertz CT molecular complexity index is 1010. The van der Waals surface area contributed by atoms with Crippen LogP contribution in [0, 0.1) is 0 Å². The third-order valence-electron chi connectivity index (χ3n) is 4.44. The topological polar surface area (TPSA) is 66.4 Å². The molecule has 4 nitrogen and oxygen atoms in total. The minimum absolute atomic E-state index is 0.106. The van der Waals surface area contributed by atoms with E-state index in [0.29, 0.717) is 17.7 Å². The first-order chi connectivity index (χ1) is 12.6. The third kappa shape index (κ3) is 2.85. The molecule has 130 valence electrons. The Labute approximate surface area is 162 Å². The fourth-order valence-corrected chi connectivity index (χ4v) is 5.12. The molecule has 1 aliphatic rings. The molecular formula is C20H14BrNO3S. The van der Waals surface area contributed by atoms with Crippen molar-refractivity contribution >= 4 is 44.8 Å². The molecule has 0 fully saturated rings. The van der Waals surface area contributed by atoms with Crippen molar-refractivity contribution in [2.24, 2.45) is 0 Å². The molecule has 0 spiro atoms. The average molecular weight is 428 g/mol. The predicted octanol–water partition coefficient (Wildman–Crippen LogP) is 5.35. The number of aromatic carboxylic acids is 1. The van der Waals surface area contributed by atoms with E-state index in [9.17, 15) is 14.7 Å². The monoisotopic (exact) mass is 427 g/mol. The molecule has 1 aromatic heterocycles. The molecule has 3 aromatic rings. The number of amides is 1. The highest BCUT2D eigenvalue weighted by atomic mass is 79.9. The number of thiophene rings is 1. The van der Waals surface area contributed by atoms with Crippen molar-refractivity contribution in [3.8, 4) is 11.1 Å². The number of anilines is 1. The highest BCUT2D eigenvalue weighted by Gasteiger charge is 2.35. The number of hydrogen-bond acceptors (Lipinski definition) is 3. The van der Waals surface area contributed by atoms with E-state index >= 15 is 0 Å². The van der Waals surface area contributed by atoms with Gasteiger partial charge in [-0.25, -0.2) is 4.79 Å². The van der Waals surface area contributed by atoms with Crippen LogP contribution in [0.3, 0.4) is 0 Å². The number of fused-ring (bicyclic) bond motifs is 1. The van der Waals surface area contributed by atoms with Gasteiger partial charge in [0.2, 0.25) is 5.91 Å². The quantitative estimate of drug-likeness (QED) is 0.591. The van der Waals surface area contributed by atoms with Crippen LogP contribution in [0.15, 0.2) is 59.1 Å². The lowest BCUT2D eigenvalue weighted by atomic mass is 9.89. The second-order valence-corrected chi connectivity index (χ2v) is 7.95. The van der Waals surface area contributed by atoms with Gasteiger partial charge in [0.25, 0.3) is 0 Å². The Morgan fingerprint density at radius 3 is 2.50 bits per heavy atom. The van der Waals surface area contributed by atoms with Gasteiger partial charge in [0.1, 0.15) is 4.88 Å². The molecular weight excluding hydrogens is 414 g/mol. The molecule has 0 saturated carbocycles. The lowest BCUT2D eigenvalue weighted by Gasteiger charge is -2.24. The van der Waals surface area contributed by atoms with Crippen LogP contribution in [0.4, 0.5) is 5.69 Å². The number of carbonyl (C=O) groups is 2. The summed E-state index contributed by atoms with van der Waals surface area (Å²) in [4.78, 5) is 25.4. The fourth-order valence-electron chi connectivity index (χ4n) is 3.33. The van der Waals surface area contributed by atoms with Crippen LogP contribution >= 0.6 is 27.3 Å². The van der Waals surface area contributed by atoms with Crippen molar-refractivity contribution in [3.05, 3.63) is 74.4 Å². The maximum Gasteiger partial charge on any atom is 0.346 e. The number of nitrogens with one attached hydrogen (secondary N) is 1. The molecule has 0 radical (unpaired) electrons. The van der Waals surface area contributed by atoms with Gasteiger partial charge in [-0.3, -0.25) is 4.79 Å². The van der Waals surface area contributed by atoms with E-state index in [0.717, 1.165) is 20.5 Å². The molecule has 6 heteroatoms. The van der Waals surface area contributed by atoms with Crippen molar-refractivity contribution in [1.29, 1.82) is 0 Å². The van der Waals surface area contributed by atoms with Crippen LogP contribution in [0.25, 0.3) is 11.1 Å². The summed E-state index contributed by atoms with van der Waals surface area (Å²) in [6.07, 6.45) is 0.295. The van der Waals surface area contributed by atoms with Crippen LogP contribution < -0.4 is 5.32 Å². The molecule has 0 aliphatic carbocycles. The Morgan fingerprint density at radius 2 is 1.81 bits per heavy atom. The lowest BCUT2D eigenvalue weighted by molar-refractivity contribution is -0.116. The maximum absolute atomic E-state index is 12.4. The third-order valence-corrected chi connectivity index (χ3v) is 6.46. The molecule has 1 atom stereocenters. The van der Waals surface area contributed by atoms with Crippen molar-refractivity contribution in [1.82, 2.24) is 0 Å². The van der Waals surface area contributed by atoms with Crippen molar-refractivity contribution in [3.63, 3.8) is 0 Å². The first-order valence-electron chi connectivity index (χ1n) is 8.06. The minimum atomic E-state index is -0.983. The normalized spacial score (nSPS) is 16.0. The average Bonchev–Trinajstić information content (AvgIpc) is 3.02. The molecule has 2 heterocycles. The fraction of sp³-hybridized carbons (Fsp3) is 0.100. The van der Waals surface area contributed by atoms with Gasteiger partial charge in [0.05, 0.1) is 5.69 Å². The number of carboxylic acids is 1. The lowest BCUT2D eigenvalue weighted by Crippen LogP contribution is -2.22. The van der Waals surface area contributed by atoms with E-state index in [1.165, 1.54) is 11.3 Å². The van der Waals surface area contributed by atoms with E-state index in [2.05, 4.69) is 21.2 Å². The number of hydrogen-bond donors (Lipinski definition) is 2. The zero-order valence-electron chi connectivity index (χ0n) is 13.5. The first kappa shape index (κ1) is 17.0. The molecule has 2 N–H and O–H groups in total. The summed E-state index contributed by atoms with van der Waals surface area (Å²) in [5.74, 6) is -1.26. The number of rotatable bonds is 3. The summed E-state index contributed by atoms with van der Waals surface area (Å²) in [7, 11) is 0. The number of carboxylic acid groups (broad SMARTS) is 1. The highest BCUT2D eigenvalue weighted by Crippen LogP contribution is 2.50. The molecule has 1 aliphatic heterocycles. The van der Waals surface area contributed by atoms with Crippen LogP contribution in [0.5, 0.6) is 0 Å². The van der Waals surface area contributed by atoms with Gasteiger partial charge in [0, 0.05) is 27.3 Å². The van der Waals surface area contributed by atoms with Gasteiger partial charge in [-0.05, 0) is 17.2 Å². The largest absolute Gasteiger partial charge is 0.477 e. The summed E-state index contributed by atoms with van der Waals surface area (Å²) < 4.78 is 0.914. The Hall–Kier alpha value is -2.44. The van der Waals surface area contributed by atoms with Gasteiger partial charge in [-0.15, -0.1) is 11.3 Å². The Kier molecular flexibility index (Phi) is 4.38. The molecule has 1 amide bonds. The maximum atomic E-state index is 12.4. The van der Waals surface area contributed by atoms with E-state index < -0.39 is 5.97 Å². The van der Waals surface area contributed by atoms with Crippen LogP contribution in [-0.4, -0.2) is 17.0 Å². The van der Waals surface area contributed by atoms with E-state index in [1.807, 2.05) is 54.6 Å². The standard InChI is InChI=1S/C20H14BrNO3S/c21-14-9-5-4-8-12(14)13-10-15(23)22-17-16(11-6-2-1-3-7-11)19(20(24)25)26-18(13)17/h1-9,13H,10H2,(H,22,23)(H,24,25)/t13-/m0/s1. The van der Waals surface area contributed by atoms with Gasteiger partial charge >= 0.3 is 5.97 Å². The van der Waals surface area contributed by atoms with Gasteiger partial charge in [0.15, 0.2) is 0 Å². The van der Waals surface area contributed by atoms with Crippen molar-refractivity contribution in [2.75, 3.05) is 5.32 Å².